The van der Waals surface area contributed by atoms with Crippen LogP contribution in [0.15, 0.2) is 48.8 Å². The number of nitrogens with one attached hydrogen (secondary N) is 3. The molecule has 1 fully saturated rings. The SMILES string of the molecule is CC1C(NC(=O)c2nn(-c3ccc(Cl)cc3)c3c2CCCCC3)NNC1c1ccncc1. The molecule has 1 aliphatic carbocycles. The van der Waals surface area contributed by atoms with E-state index in [4.69, 9.17) is 16.7 Å². The lowest BCUT2D eigenvalue weighted by Gasteiger charge is -2.19. The molecule has 1 aromatic carbocycles. The van der Waals surface area contributed by atoms with Gasteiger partial charge in [-0.3, -0.25) is 9.78 Å². The number of benzene rings is 1. The summed E-state index contributed by atoms with van der Waals surface area (Å²) in [6, 6.07) is 11.7. The summed E-state index contributed by atoms with van der Waals surface area (Å²) in [5, 5.41) is 8.63. The van der Waals surface area contributed by atoms with Crippen molar-refractivity contribution in [3.8, 4) is 5.69 Å². The van der Waals surface area contributed by atoms with E-state index in [1.807, 2.05) is 41.1 Å². The topological polar surface area (TPSA) is 83.9 Å². The van der Waals surface area contributed by atoms with E-state index in [-0.39, 0.29) is 24.0 Å². The molecule has 0 saturated carbocycles. The predicted octanol–water partition coefficient (Wildman–Crippen LogP) is 3.73. The van der Waals surface area contributed by atoms with E-state index < -0.39 is 0 Å². The first-order valence-electron chi connectivity index (χ1n) is 11.2. The molecule has 3 aromatic rings. The number of halogens is 1. The number of carbonyl (C=O) groups excluding carboxylic acids is 1. The highest BCUT2D eigenvalue weighted by molar-refractivity contribution is 6.30. The summed E-state index contributed by atoms with van der Waals surface area (Å²) in [7, 11) is 0. The van der Waals surface area contributed by atoms with Gasteiger partial charge in [0.1, 0.15) is 0 Å². The molecule has 3 heterocycles. The number of hydrazine groups is 1. The Morgan fingerprint density at radius 1 is 1.06 bits per heavy atom. The van der Waals surface area contributed by atoms with Gasteiger partial charge in [0.05, 0.1) is 17.9 Å². The maximum Gasteiger partial charge on any atom is 0.273 e. The van der Waals surface area contributed by atoms with Gasteiger partial charge in [0, 0.05) is 34.6 Å². The fourth-order valence-corrected chi connectivity index (χ4v) is 4.85. The van der Waals surface area contributed by atoms with Crippen LogP contribution in [0.3, 0.4) is 0 Å². The number of fused-ring (bicyclic) bond motifs is 1. The summed E-state index contributed by atoms with van der Waals surface area (Å²) in [4.78, 5) is 17.5. The molecule has 1 saturated heterocycles. The second-order valence-electron chi connectivity index (χ2n) is 8.58. The molecule has 0 radical (unpaired) electrons. The Morgan fingerprint density at radius 2 is 1.81 bits per heavy atom. The number of pyridine rings is 1. The molecule has 0 bridgehead atoms. The lowest BCUT2D eigenvalue weighted by Crippen LogP contribution is -2.46. The fourth-order valence-electron chi connectivity index (χ4n) is 4.72. The van der Waals surface area contributed by atoms with Crippen molar-refractivity contribution < 1.29 is 4.79 Å². The minimum atomic E-state index is -0.206. The standard InChI is InChI=1S/C24H27ClN6O/c1-15-21(16-11-13-26-14-12-16)28-29-23(15)27-24(32)22-19-5-3-2-4-6-20(19)31(30-22)18-9-7-17(25)8-10-18/h7-15,21,23,28-29H,2-6H2,1H3,(H,27,32). The smallest absolute Gasteiger partial charge is 0.273 e. The molecule has 7 nitrogen and oxygen atoms in total. The van der Waals surface area contributed by atoms with Gasteiger partial charge < -0.3 is 5.32 Å². The monoisotopic (exact) mass is 450 g/mol. The summed E-state index contributed by atoms with van der Waals surface area (Å²) < 4.78 is 1.93. The van der Waals surface area contributed by atoms with Crippen molar-refractivity contribution in [3.05, 3.63) is 76.3 Å². The minimum Gasteiger partial charge on any atom is -0.334 e. The van der Waals surface area contributed by atoms with E-state index in [1.165, 1.54) is 0 Å². The molecule has 1 amide bonds. The number of aromatic nitrogens is 3. The van der Waals surface area contributed by atoms with Gasteiger partial charge in [-0.1, -0.05) is 24.9 Å². The van der Waals surface area contributed by atoms with Crippen molar-refractivity contribution in [3.63, 3.8) is 0 Å². The Balaban J connectivity index is 1.41. The minimum absolute atomic E-state index is 0.0899. The van der Waals surface area contributed by atoms with Crippen molar-refractivity contribution in [2.45, 2.75) is 51.2 Å². The van der Waals surface area contributed by atoms with Crippen LogP contribution in [0.2, 0.25) is 5.02 Å². The molecule has 3 N–H and O–H groups in total. The highest BCUT2D eigenvalue weighted by atomic mass is 35.5. The van der Waals surface area contributed by atoms with Gasteiger partial charge in [0.15, 0.2) is 5.69 Å². The van der Waals surface area contributed by atoms with E-state index in [9.17, 15) is 4.79 Å². The van der Waals surface area contributed by atoms with E-state index in [0.717, 1.165) is 54.6 Å². The average Bonchev–Trinajstić information content (AvgIpc) is 3.25. The second-order valence-corrected chi connectivity index (χ2v) is 9.02. The highest BCUT2D eigenvalue weighted by Gasteiger charge is 2.35. The molecular formula is C24H27ClN6O. The third-order valence-electron chi connectivity index (χ3n) is 6.51. The Bertz CT molecular complexity index is 1100. The first-order chi connectivity index (χ1) is 15.6. The van der Waals surface area contributed by atoms with Crippen molar-refractivity contribution in [1.82, 2.24) is 30.9 Å². The number of rotatable bonds is 4. The molecule has 3 unspecified atom stereocenters. The number of carbonyl (C=O) groups is 1. The molecule has 166 valence electrons. The molecule has 1 aliphatic heterocycles. The maximum absolute atomic E-state index is 13.4. The molecule has 2 aliphatic rings. The highest BCUT2D eigenvalue weighted by Crippen LogP contribution is 2.29. The van der Waals surface area contributed by atoms with Crippen LogP contribution in [0.4, 0.5) is 0 Å². The van der Waals surface area contributed by atoms with Crippen LogP contribution < -0.4 is 16.2 Å². The summed E-state index contributed by atoms with van der Waals surface area (Å²) in [5.41, 5.74) is 11.3. The summed E-state index contributed by atoms with van der Waals surface area (Å²) in [6.07, 6.45) is 8.49. The van der Waals surface area contributed by atoms with Crippen LogP contribution >= 0.6 is 11.6 Å². The summed E-state index contributed by atoms with van der Waals surface area (Å²) in [6.45, 7) is 2.12. The summed E-state index contributed by atoms with van der Waals surface area (Å²) >= 11 is 6.08. The molecule has 32 heavy (non-hydrogen) atoms. The van der Waals surface area contributed by atoms with Crippen LogP contribution in [0.25, 0.3) is 5.69 Å². The zero-order valence-electron chi connectivity index (χ0n) is 18.0. The quantitative estimate of drug-likeness (QED) is 0.527. The zero-order valence-corrected chi connectivity index (χ0v) is 18.8. The first-order valence-corrected chi connectivity index (χ1v) is 11.6. The molecular weight excluding hydrogens is 424 g/mol. The Labute approximate surface area is 192 Å². The lowest BCUT2D eigenvalue weighted by atomic mass is 9.95. The van der Waals surface area contributed by atoms with Crippen LogP contribution in [-0.2, 0) is 12.8 Å². The van der Waals surface area contributed by atoms with Gasteiger partial charge in [-0.2, -0.15) is 5.10 Å². The number of amides is 1. The Kier molecular flexibility index (Phi) is 5.95. The van der Waals surface area contributed by atoms with Gasteiger partial charge in [-0.25, -0.2) is 15.5 Å². The molecule has 2 aromatic heterocycles. The molecule has 3 atom stereocenters. The van der Waals surface area contributed by atoms with Crippen molar-refractivity contribution >= 4 is 17.5 Å². The fraction of sp³-hybridized carbons (Fsp3) is 0.375. The number of hydrogen-bond acceptors (Lipinski definition) is 5. The van der Waals surface area contributed by atoms with Crippen LogP contribution in [-0.4, -0.2) is 26.8 Å². The Morgan fingerprint density at radius 3 is 2.59 bits per heavy atom. The normalized spacial score (nSPS) is 22.9. The largest absolute Gasteiger partial charge is 0.334 e. The molecule has 0 spiro atoms. The number of nitrogens with zero attached hydrogens (tertiary/aromatic N) is 3. The van der Waals surface area contributed by atoms with Crippen LogP contribution in [0, 0.1) is 5.92 Å². The summed E-state index contributed by atoms with van der Waals surface area (Å²) in [5.74, 6) is 0.00990. The average molecular weight is 451 g/mol. The third kappa shape index (κ3) is 4.03. The van der Waals surface area contributed by atoms with E-state index in [1.54, 1.807) is 12.4 Å². The van der Waals surface area contributed by atoms with Crippen molar-refractivity contribution in [1.29, 1.82) is 0 Å². The number of hydrogen-bond donors (Lipinski definition) is 3. The van der Waals surface area contributed by atoms with Crippen LogP contribution in [0.5, 0.6) is 0 Å². The predicted molar refractivity (Wildman–Crippen MR) is 124 cm³/mol. The van der Waals surface area contributed by atoms with Gasteiger partial charge in [-0.15, -0.1) is 0 Å². The third-order valence-corrected chi connectivity index (χ3v) is 6.77. The second kappa shape index (κ2) is 9.02. The van der Waals surface area contributed by atoms with Gasteiger partial charge in [0.25, 0.3) is 5.91 Å². The lowest BCUT2D eigenvalue weighted by molar-refractivity contribution is 0.0916. The van der Waals surface area contributed by atoms with E-state index in [2.05, 4.69) is 28.1 Å². The zero-order chi connectivity index (χ0) is 22.1. The van der Waals surface area contributed by atoms with E-state index in [0.29, 0.717) is 10.7 Å². The van der Waals surface area contributed by atoms with Gasteiger partial charge >= 0.3 is 0 Å². The van der Waals surface area contributed by atoms with Gasteiger partial charge in [-0.05, 0) is 67.6 Å². The molecule has 8 heteroatoms. The maximum atomic E-state index is 13.4. The van der Waals surface area contributed by atoms with E-state index >= 15 is 0 Å². The molecule has 5 rings (SSSR count). The van der Waals surface area contributed by atoms with Gasteiger partial charge in [0.2, 0.25) is 0 Å². The van der Waals surface area contributed by atoms with Crippen molar-refractivity contribution in [2.24, 2.45) is 5.92 Å². The Hall–Kier alpha value is -2.74. The first kappa shape index (κ1) is 21.1. The van der Waals surface area contributed by atoms with Crippen molar-refractivity contribution in [2.75, 3.05) is 0 Å². The van der Waals surface area contributed by atoms with Crippen LogP contribution in [0.1, 0.15) is 59.5 Å².